The van der Waals surface area contributed by atoms with Gasteiger partial charge < -0.3 is 14.6 Å². The van der Waals surface area contributed by atoms with Crippen LogP contribution in [-0.2, 0) is 11.4 Å². The number of halogens is 1. The van der Waals surface area contributed by atoms with Gasteiger partial charge in [0.05, 0.1) is 7.11 Å². The highest BCUT2D eigenvalue weighted by molar-refractivity contribution is 6.30. The quantitative estimate of drug-likeness (QED) is 0.817. The number of hydrogen-bond acceptors (Lipinski definition) is 3. The highest BCUT2D eigenvalue weighted by atomic mass is 35.5. The van der Waals surface area contributed by atoms with Gasteiger partial charge in [-0.2, -0.15) is 0 Å². The van der Waals surface area contributed by atoms with Crippen molar-refractivity contribution >= 4 is 23.6 Å². The molecule has 114 valence electrons. The molecule has 0 unspecified atom stereocenters. The van der Waals surface area contributed by atoms with E-state index in [1.165, 1.54) is 13.2 Å². The molecular weight excluding hydrogens is 304 g/mol. The van der Waals surface area contributed by atoms with Gasteiger partial charge in [0.2, 0.25) is 0 Å². The molecule has 0 heterocycles. The van der Waals surface area contributed by atoms with Crippen molar-refractivity contribution in [3.8, 4) is 11.5 Å². The summed E-state index contributed by atoms with van der Waals surface area (Å²) in [5.74, 6) is 0.0189. The van der Waals surface area contributed by atoms with Crippen LogP contribution in [0.5, 0.6) is 11.5 Å². The number of carboxylic acids is 1. The highest BCUT2D eigenvalue weighted by Crippen LogP contribution is 2.32. The fourth-order valence-electron chi connectivity index (χ4n) is 1.88. The Morgan fingerprint density at radius 1 is 1.23 bits per heavy atom. The van der Waals surface area contributed by atoms with Crippen molar-refractivity contribution in [3.63, 3.8) is 0 Å². The largest absolute Gasteiger partial charge is 0.493 e. The van der Waals surface area contributed by atoms with Crippen LogP contribution >= 0.6 is 11.6 Å². The zero-order valence-electron chi connectivity index (χ0n) is 12.0. The van der Waals surface area contributed by atoms with E-state index >= 15 is 0 Å². The number of methoxy groups -OCH3 is 1. The Kier molecular flexibility index (Phi) is 5.44. The van der Waals surface area contributed by atoms with Crippen LogP contribution in [0.1, 0.15) is 11.1 Å². The zero-order chi connectivity index (χ0) is 15.9. The van der Waals surface area contributed by atoms with E-state index < -0.39 is 5.97 Å². The first kappa shape index (κ1) is 15.9. The second-order valence-electron chi connectivity index (χ2n) is 4.47. The van der Waals surface area contributed by atoms with Crippen molar-refractivity contribution in [1.29, 1.82) is 0 Å². The Hall–Kier alpha value is -2.46. The van der Waals surface area contributed by atoms with Crippen molar-refractivity contribution in [3.05, 3.63) is 64.7 Å². The van der Waals surface area contributed by atoms with Crippen molar-refractivity contribution in [2.75, 3.05) is 7.11 Å². The minimum absolute atomic E-state index is 0.325. The molecular formula is C17H15ClO4. The lowest BCUT2D eigenvalue weighted by Gasteiger charge is -2.13. The number of carbonyl (C=O) groups is 1. The first-order chi connectivity index (χ1) is 10.6. The van der Waals surface area contributed by atoms with Crippen LogP contribution in [0.3, 0.4) is 0 Å². The Morgan fingerprint density at radius 3 is 2.59 bits per heavy atom. The SMILES string of the molecule is COc1cccc(C=CC(=O)O)c1OCc1ccc(Cl)cc1. The fourth-order valence-corrected chi connectivity index (χ4v) is 2.00. The molecule has 0 aliphatic carbocycles. The number of rotatable bonds is 6. The number of aliphatic carboxylic acids is 1. The van der Waals surface area contributed by atoms with Crippen LogP contribution in [0.15, 0.2) is 48.5 Å². The lowest BCUT2D eigenvalue weighted by atomic mass is 10.1. The zero-order valence-corrected chi connectivity index (χ0v) is 12.7. The van der Waals surface area contributed by atoms with E-state index in [-0.39, 0.29) is 0 Å². The van der Waals surface area contributed by atoms with Gasteiger partial charge in [0.1, 0.15) is 6.61 Å². The molecule has 2 rings (SSSR count). The van der Waals surface area contributed by atoms with Crippen molar-refractivity contribution in [2.24, 2.45) is 0 Å². The van der Waals surface area contributed by atoms with Gasteiger partial charge in [-0.25, -0.2) is 4.79 Å². The fraction of sp³-hybridized carbons (Fsp3) is 0.118. The van der Waals surface area contributed by atoms with Crippen LogP contribution in [0.2, 0.25) is 5.02 Å². The number of para-hydroxylation sites is 1. The third-order valence-corrected chi connectivity index (χ3v) is 3.18. The van der Waals surface area contributed by atoms with Crippen LogP contribution in [0.25, 0.3) is 6.08 Å². The van der Waals surface area contributed by atoms with Crippen LogP contribution in [0, 0.1) is 0 Å². The summed E-state index contributed by atoms with van der Waals surface area (Å²) in [6.07, 6.45) is 2.53. The van der Waals surface area contributed by atoms with E-state index in [1.54, 1.807) is 30.3 Å². The van der Waals surface area contributed by atoms with Gasteiger partial charge in [-0.1, -0.05) is 35.9 Å². The molecule has 0 bridgehead atoms. The highest BCUT2D eigenvalue weighted by Gasteiger charge is 2.09. The van der Waals surface area contributed by atoms with Crippen molar-refractivity contribution in [2.45, 2.75) is 6.61 Å². The van der Waals surface area contributed by atoms with E-state index in [4.69, 9.17) is 26.2 Å². The Morgan fingerprint density at radius 2 is 1.95 bits per heavy atom. The molecule has 0 atom stereocenters. The molecule has 0 fully saturated rings. The van der Waals surface area contributed by atoms with Gasteiger partial charge in [-0.3, -0.25) is 0 Å². The maximum absolute atomic E-state index is 10.7. The number of carboxylic acid groups (broad SMARTS) is 1. The normalized spacial score (nSPS) is 10.6. The molecule has 22 heavy (non-hydrogen) atoms. The van der Waals surface area contributed by atoms with Gasteiger partial charge >= 0.3 is 5.97 Å². The van der Waals surface area contributed by atoms with Crippen LogP contribution in [0.4, 0.5) is 0 Å². The van der Waals surface area contributed by atoms with Gasteiger partial charge in [-0.05, 0) is 29.8 Å². The molecule has 0 saturated carbocycles. The van der Waals surface area contributed by atoms with Crippen molar-refractivity contribution < 1.29 is 19.4 Å². The minimum atomic E-state index is -1.02. The monoisotopic (exact) mass is 318 g/mol. The predicted octanol–water partition coefficient (Wildman–Crippen LogP) is 4.03. The summed E-state index contributed by atoms with van der Waals surface area (Å²) in [5.41, 5.74) is 1.58. The number of ether oxygens (including phenoxy) is 2. The molecule has 0 spiro atoms. The molecule has 1 N–H and O–H groups in total. The lowest BCUT2D eigenvalue weighted by molar-refractivity contribution is -0.131. The molecule has 4 nitrogen and oxygen atoms in total. The Balaban J connectivity index is 2.23. The standard InChI is InChI=1S/C17H15ClO4/c1-21-15-4-2-3-13(7-10-16(19)20)17(15)22-11-12-5-8-14(18)9-6-12/h2-10H,11H2,1H3,(H,19,20). The van der Waals surface area contributed by atoms with E-state index in [0.29, 0.717) is 28.7 Å². The maximum atomic E-state index is 10.7. The molecule has 0 aliphatic rings. The molecule has 0 saturated heterocycles. The molecule has 0 amide bonds. The van der Waals surface area contributed by atoms with Crippen molar-refractivity contribution in [1.82, 2.24) is 0 Å². The molecule has 0 aliphatic heterocycles. The number of benzene rings is 2. The summed E-state index contributed by atoms with van der Waals surface area (Å²) in [5, 5.41) is 9.41. The Bertz CT molecular complexity index is 678. The predicted molar refractivity (Wildman–Crippen MR) is 85.4 cm³/mol. The summed E-state index contributed by atoms with van der Waals surface area (Å²) in [6, 6.07) is 12.6. The van der Waals surface area contributed by atoms with Crippen LogP contribution < -0.4 is 9.47 Å². The van der Waals surface area contributed by atoms with Gasteiger partial charge in [-0.15, -0.1) is 0 Å². The topological polar surface area (TPSA) is 55.8 Å². The van der Waals surface area contributed by atoms with Crippen LogP contribution in [-0.4, -0.2) is 18.2 Å². The molecule has 5 heteroatoms. The van der Waals surface area contributed by atoms with E-state index in [1.807, 2.05) is 12.1 Å². The average molecular weight is 319 g/mol. The number of hydrogen-bond donors (Lipinski definition) is 1. The van der Waals surface area contributed by atoms with Gasteiger partial charge in [0.25, 0.3) is 0 Å². The minimum Gasteiger partial charge on any atom is -0.493 e. The molecule has 0 radical (unpaired) electrons. The summed E-state index contributed by atoms with van der Waals surface area (Å²) in [7, 11) is 1.54. The van der Waals surface area contributed by atoms with Gasteiger partial charge in [0, 0.05) is 16.7 Å². The van der Waals surface area contributed by atoms with Gasteiger partial charge in [0.15, 0.2) is 11.5 Å². The molecule has 0 aromatic heterocycles. The average Bonchev–Trinajstić information content (AvgIpc) is 2.52. The third-order valence-electron chi connectivity index (χ3n) is 2.93. The van der Waals surface area contributed by atoms with E-state index in [2.05, 4.69) is 0 Å². The second kappa shape index (κ2) is 7.52. The molecule has 2 aromatic carbocycles. The van der Waals surface area contributed by atoms with E-state index in [9.17, 15) is 4.79 Å². The maximum Gasteiger partial charge on any atom is 0.328 e. The lowest BCUT2D eigenvalue weighted by Crippen LogP contribution is -1.99. The van der Waals surface area contributed by atoms with E-state index in [0.717, 1.165) is 11.6 Å². The summed E-state index contributed by atoms with van der Waals surface area (Å²) in [4.78, 5) is 10.7. The summed E-state index contributed by atoms with van der Waals surface area (Å²) >= 11 is 5.85. The second-order valence-corrected chi connectivity index (χ2v) is 4.90. The third kappa shape index (κ3) is 4.27. The Labute approximate surface area is 133 Å². The summed E-state index contributed by atoms with van der Waals surface area (Å²) in [6.45, 7) is 0.325. The first-order valence-electron chi connectivity index (χ1n) is 6.55. The smallest absolute Gasteiger partial charge is 0.328 e. The summed E-state index contributed by atoms with van der Waals surface area (Å²) < 4.78 is 11.1. The molecule has 2 aromatic rings. The first-order valence-corrected chi connectivity index (χ1v) is 6.93.